The summed E-state index contributed by atoms with van der Waals surface area (Å²) in [4.78, 5) is 4.91. The molecule has 2 rings (SSSR count). The van der Waals surface area contributed by atoms with E-state index in [-0.39, 0.29) is 31.8 Å². The minimum Gasteiger partial charge on any atom is -0.377 e. The number of hydrogen-bond donors (Lipinski definition) is 0. The maximum atomic E-state index is 5.95. The molecule has 0 aromatic heterocycles. The lowest BCUT2D eigenvalue weighted by Crippen LogP contribution is -2.45. The molecule has 0 aliphatic carbocycles. The second kappa shape index (κ2) is 16.8. The van der Waals surface area contributed by atoms with Crippen LogP contribution in [0.4, 0.5) is 0 Å². The van der Waals surface area contributed by atoms with Gasteiger partial charge in [0.15, 0.2) is 5.79 Å². The lowest BCUT2D eigenvalue weighted by Gasteiger charge is -2.31. The normalized spacial score (nSPS) is 24.9. The van der Waals surface area contributed by atoms with Crippen molar-refractivity contribution in [3.8, 4) is 0 Å². The van der Waals surface area contributed by atoms with Gasteiger partial charge in [-0.15, -0.1) is 4.33 Å². The lowest BCUT2D eigenvalue weighted by atomic mass is 10.0. The number of ether oxygens (including phenoxy) is 7. The molecular formula is C19H39NO9S2. The van der Waals surface area contributed by atoms with Gasteiger partial charge in [-0.2, -0.15) is 13.5 Å². The van der Waals surface area contributed by atoms with Gasteiger partial charge in [0.1, 0.15) is 31.0 Å². The van der Waals surface area contributed by atoms with E-state index < -0.39 is 5.79 Å². The summed E-state index contributed by atoms with van der Waals surface area (Å²) < 4.78 is 46.3. The van der Waals surface area contributed by atoms with E-state index in [1.54, 1.807) is 4.31 Å². The van der Waals surface area contributed by atoms with Crippen molar-refractivity contribution in [2.24, 2.45) is 0 Å². The first kappa shape index (κ1) is 29.3. The van der Waals surface area contributed by atoms with Crippen molar-refractivity contribution < 1.29 is 42.4 Å². The van der Waals surface area contributed by atoms with Crippen LogP contribution in [-0.2, 0) is 42.4 Å². The van der Waals surface area contributed by atoms with Crippen LogP contribution < -0.4 is 0 Å². The summed E-state index contributed by atoms with van der Waals surface area (Å²) in [7, 11) is 3.72. The zero-order valence-corrected chi connectivity index (χ0v) is 20.9. The Balaban J connectivity index is 0.00000480. The minimum atomic E-state index is -0.553. The van der Waals surface area contributed by atoms with Crippen LogP contribution in [-0.4, -0.2) is 109 Å². The highest BCUT2D eigenvalue weighted by Crippen LogP contribution is 2.35. The Morgan fingerprint density at radius 1 is 0.871 bits per heavy atom. The number of rotatable bonds is 17. The first-order valence-corrected chi connectivity index (χ1v) is 11.1. The third-order valence-corrected chi connectivity index (χ3v) is 4.71. The van der Waals surface area contributed by atoms with Crippen LogP contribution in [0.5, 0.6) is 0 Å². The van der Waals surface area contributed by atoms with Crippen LogP contribution in [0.1, 0.15) is 20.3 Å². The molecule has 2 saturated heterocycles. The zero-order valence-electron chi connectivity index (χ0n) is 19.0. The van der Waals surface area contributed by atoms with Crippen LogP contribution in [0.3, 0.4) is 0 Å². The third-order valence-electron chi connectivity index (χ3n) is 4.26. The van der Waals surface area contributed by atoms with Crippen LogP contribution in [0, 0.1) is 0 Å². The first-order valence-electron chi connectivity index (χ1n) is 10.4. The van der Waals surface area contributed by atoms with Gasteiger partial charge in [0.05, 0.1) is 59.0 Å². The van der Waals surface area contributed by atoms with Crippen molar-refractivity contribution in [2.45, 2.75) is 44.4 Å². The fourth-order valence-electron chi connectivity index (χ4n) is 3.04. The molecule has 2 fully saturated rings. The predicted octanol–water partition coefficient (Wildman–Crippen LogP) is 1.55. The van der Waals surface area contributed by atoms with E-state index in [9.17, 15) is 0 Å². The number of fused-ring (bicyclic) bond motifs is 1. The van der Waals surface area contributed by atoms with Crippen molar-refractivity contribution in [3.05, 3.63) is 0 Å². The van der Waals surface area contributed by atoms with Crippen LogP contribution >= 0.6 is 25.7 Å². The molecule has 2 heterocycles. The van der Waals surface area contributed by atoms with E-state index in [0.29, 0.717) is 66.1 Å². The summed E-state index contributed by atoms with van der Waals surface area (Å²) in [6, 6.07) is 0. The Labute approximate surface area is 197 Å². The van der Waals surface area contributed by atoms with Gasteiger partial charge in [-0.3, -0.25) is 0 Å². The Morgan fingerprint density at radius 3 is 2.06 bits per heavy atom. The van der Waals surface area contributed by atoms with Crippen LogP contribution in [0.15, 0.2) is 0 Å². The molecule has 2 aliphatic heterocycles. The van der Waals surface area contributed by atoms with E-state index in [2.05, 4.69) is 0 Å². The summed E-state index contributed by atoms with van der Waals surface area (Å²) in [6.45, 7) is 8.86. The Bertz CT molecular complexity index is 449. The zero-order chi connectivity index (χ0) is 21.7. The number of hydrogen-bond acceptors (Lipinski definition) is 11. The minimum absolute atomic E-state index is 0. The van der Waals surface area contributed by atoms with Crippen molar-refractivity contribution in [1.29, 1.82) is 0 Å². The molecule has 0 N–H and O–H groups in total. The van der Waals surface area contributed by atoms with Gasteiger partial charge in [0, 0.05) is 6.61 Å². The Kier molecular flexibility index (Phi) is 15.9. The first-order chi connectivity index (χ1) is 14.5. The summed E-state index contributed by atoms with van der Waals surface area (Å²) in [5, 5.41) is 0. The van der Waals surface area contributed by atoms with E-state index in [0.717, 1.165) is 18.6 Å². The fourth-order valence-corrected chi connectivity index (χ4v) is 3.28. The van der Waals surface area contributed by atoms with E-state index >= 15 is 0 Å². The van der Waals surface area contributed by atoms with Gasteiger partial charge in [0.2, 0.25) is 0 Å². The Morgan fingerprint density at radius 2 is 1.45 bits per heavy atom. The van der Waals surface area contributed by atoms with E-state index in [1.807, 2.05) is 27.9 Å². The molecule has 12 heteroatoms. The molecule has 10 nitrogen and oxygen atoms in total. The van der Waals surface area contributed by atoms with Gasteiger partial charge in [-0.05, 0) is 34.4 Å². The van der Waals surface area contributed by atoms with Crippen molar-refractivity contribution >= 4 is 25.7 Å². The highest BCUT2D eigenvalue weighted by Gasteiger charge is 2.47. The third kappa shape index (κ3) is 12.9. The SMILES string of the molecule is CN(C)SOOCCOCCOCCOCCOCC1OCCC2OC(C)(C)OC12.S. The molecule has 0 spiro atoms. The van der Waals surface area contributed by atoms with Gasteiger partial charge in [-0.1, -0.05) is 0 Å². The summed E-state index contributed by atoms with van der Waals surface area (Å²) >= 11 is 1.12. The van der Waals surface area contributed by atoms with Crippen molar-refractivity contribution in [3.63, 3.8) is 0 Å². The molecule has 0 amide bonds. The van der Waals surface area contributed by atoms with Gasteiger partial charge >= 0.3 is 0 Å². The van der Waals surface area contributed by atoms with Crippen LogP contribution in [0.2, 0.25) is 0 Å². The molecule has 186 valence electrons. The summed E-state index contributed by atoms with van der Waals surface area (Å²) in [5.41, 5.74) is 0. The summed E-state index contributed by atoms with van der Waals surface area (Å²) in [6.07, 6.45) is 0.776. The average molecular weight is 490 g/mol. The molecule has 0 radical (unpaired) electrons. The molecule has 0 aromatic carbocycles. The van der Waals surface area contributed by atoms with Gasteiger partial charge < -0.3 is 33.2 Å². The Hall–Kier alpha value is 0.300. The molecule has 0 bridgehead atoms. The smallest absolute Gasteiger partial charge is 0.163 e. The standard InChI is InChI=1S/C19H37NO9S.H2S/c1-19(2)27-16-5-6-25-17(18(16)28-19)15-24-12-11-22-8-7-21-9-10-23-13-14-26-29-30-20(3)4;/h16-18H,5-15H2,1-4H3;1H2. The average Bonchev–Trinajstić information content (AvgIpc) is 3.02. The molecule has 0 aromatic rings. The maximum absolute atomic E-state index is 5.95. The quantitative estimate of drug-likeness (QED) is 0.0980. The molecule has 0 saturated carbocycles. The molecule has 31 heavy (non-hydrogen) atoms. The highest BCUT2D eigenvalue weighted by atomic mass is 32.2. The topological polar surface area (TPSA) is 86.3 Å². The largest absolute Gasteiger partial charge is 0.377 e. The molecule has 2 aliphatic rings. The monoisotopic (exact) mass is 489 g/mol. The van der Waals surface area contributed by atoms with Crippen LogP contribution in [0.25, 0.3) is 0 Å². The van der Waals surface area contributed by atoms with Crippen molar-refractivity contribution in [1.82, 2.24) is 4.31 Å². The highest BCUT2D eigenvalue weighted by molar-refractivity contribution is 7.92. The molecular weight excluding hydrogens is 450 g/mol. The van der Waals surface area contributed by atoms with Gasteiger partial charge in [0.25, 0.3) is 0 Å². The van der Waals surface area contributed by atoms with Gasteiger partial charge in [-0.25, -0.2) is 9.19 Å². The summed E-state index contributed by atoms with van der Waals surface area (Å²) in [5.74, 6) is -0.553. The second-order valence-corrected chi connectivity index (χ2v) is 8.54. The molecule has 3 unspecified atom stereocenters. The number of nitrogens with zero attached hydrogens (tertiary/aromatic N) is 1. The second-order valence-electron chi connectivity index (χ2n) is 7.53. The predicted molar refractivity (Wildman–Crippen MR) is 120 cm³/mol. The lowest BCUT2D eigenvalue weighted by molar-refractivity contribution is -0.203. The fraction of sp³-hybridized carbons (Fsp3) is 1.00. The van der Waals surface area contributed by atoms with Crippen molar-refractivity contribution in [2.75, 3.05) is 80.2 Å². The maximum Gasteiger partial charge on any atom is 0.163 e. The van der Waals surface area contributed by atoms with E-state index in [1.165, 1.54) is 0 Å². The van der Waals surface area contributed by atoms with E-state index in [4.69, 9.17) is 42.4 Å². The molecule has 3 atom stereocenters.